The zero-order valence-electron chi connectivity index (χ0n) is 11.7. The minimum atomic E-state index is -5.84. The molecular formula is C11H23F3N2O3S. The average Bonchev–Trinajstić information content (AvgIpc) is 2.31. The monoisotopic (exact) mass is 320 g/mol. The summed E-state index contributed by atoms with van der Waals surface area (Å²) in [6.07, 6.45) is 5.23. The highest BCUT2D eigenvalue weighted by Gasteiger charge is 2.44. The third kappa shape index (κ3) is 6.38. The lowest BCUT2D eigenvalue weighted by Crippen LogP contribution is -2.49. The molecule has 0 amide bonds. The van der Waals surface area contributed by atoms with Crippen molar-refractivity contribution < 1.29 is 26.1 Å². The molecule has 20 heavy (non-hydrogen) atoms. The number of nitrogens with two attached hydrogens (primary N) is 1. The van der Waals surface area contributed by atoms with Gasteiger partial charge in [0, 0.05) is 12.1 Å². The topological polar surface area (TPSA) is 83.6 Å². The molecule has 0 aromatic carbocycles. The molecule has 0 heterocycles. The largest absolute Gasteiger partial charge is 0.522 e. The molecule has 2 atom stereocenters. The van der Waals surface area contributed by atoms with E-state index in [1.807, 2.05) is 0 Å². The smallest absolute Gasteiger partial charge is 0.326 e. The molecular weight excluding hydrogens is 297 g/mol. The van der Waals surface area contributed by atoms with Gasteiger partial charge in [-0.2, -0.15) is 21.6 Å². The van der Waals surface area contributed by atoms with Gasteiger partial charge in [-0.25, -0.2) is 0 Å². The van der Waals surface area contributed by atoms with E-state index < -0.39 is 15.6 Å². The molecule has 0 spiro atoms. The molecule has 1 fully saturated rings. The van der Waals surface area contributed by atoms with E-state index in [9.17, 15) is 13.2 Å². The number of nitrogens with zero attached hydrogens (tertiary/aromatic N) is 1. The van der Waals surface area contributed by atoms with E-state index in [1.165, 1.54) is 25.7 Å². The molecule has 1 rings (SSSR count). The fourth-order valence-corrected chi connectivity index (χ4v) is 2.29. The van der Waals surface area contributed by atoms with Gasteiger partial charge in [0.1, 0.15) is 0 Å². The van der Waals surface area contributed by atoms with Crippen LogP contribution >= 0.6 is 0 Å². The maximum Gasteiger partial charge on any atom is 0.522 e. The first-order valence-electron chi connectivity index (χ1n) is 6.58. The third-order valence-corrected chi connectivity index (χ3v) is 3.94. The van der Waals surface area contributed by atoms with E-state index >= 15 is 0 Å². The van der Waals surface area contributed by atoms with E-state index in [-0.39, 0.29) is 0 Å². The average molecular weight is 320 g/mol. The second-order valence-electron chi connectivity index (χ2n) is 4.66. The Morgan fingerprint density at radius 3 is 1.90 bits per heavy atom. The van der Waals surface area contributed by atoms with Crippen molar-refractivity contribution >= 4 is 10.1 Å². The lowest BCUT2D eigenvalue weighted by molar-refractivity contribution is -0.0510. The summed E-state index contributed by atoms with van der Waals surface area (Å²) < 4.78 is 57.5. The van der Waals surface area contributed by atoms with E-state index in [1.54, 1.807) is 0 Å². The van der Waals surface area contributed by atoms with Crippen LogP contribution in [0.3, 0.4) is 0 Å². The number of hydrogen-bond acceptors (Lipinski definition) is 4. The second kappa shape index (κ2) is 8.16. The van der Waals surface area contributed by atoms with Gasteiger partial charge in [0.05, 0.1) is 0 Å². The van der Waals surface area contributed by atoms with Crippen molar-refractivity contribution in [3.05, 3.63) is 0 Å². The summed E-state index contributed by atoms with van der Waals surface area (Å²) in [5, 5.41) is 0. The molecule has 0 aromatic rings. The van der Waals surface area contributed by atoms with Gasteiger partial charge in [-0.1, -0.05) is 26.7 Å². The Morgan fingerprint density at radius 1 is 1.20 bits per heavy atom. The standard InChI is InChI=1S/C10H22N2.CHF3O3S/c1-3-12(4-2)10-8-6-5-7-9(10)11;2-1(3,4)8(5,6)7/h9-10H,3-8,11H2,1-2H3;(H,5,6,7)/t9-,10-;/m1./s1. The van der Waals surface area contributed by atoms with Crippen LogP contribution in [0.4, 0.5) is 13.2 Å². The number of rotatable bonds is 3. The highest BCUT2D eigenvalue weighted by molar-refractivity contribution is 7.86. The van der Waals surface area contributed by atoms with Crippen LogP contribution < -0.4 is 5.73 Å². The molecule has 1 saturated carbocycles. The van der Waals surface area contributed by atoms with Gasteiger partial charge < -0.3 is 5.73 Å². The van der Waals surface area contributed by atoms with Crippen molar-refractivity contribution in [2.75, 3.05) is 13.1 Å². The lowest BCUT2D eigenvalue weighted by atomic mass is 9.90. The highest BCUT2D eigenvalue weighted by atomic mass is 32.2. The first-order chi connectivity index (χ1) is 9.04. The Bertz CT molecular complexity index is 370. The summed E-state index contributed by atoms with van der Waals surface area (Å²) in [7, 11) is -5.84. The molecule has 1 aliphatic carbocycles. The maximum absolute atomic E-state index is 10.7. The van der Waals surface area contributed by atoms with Crippen LogP contribution in [0.15, 0.2) is 0 Å². The minimum Gasteiger partial charge on any atom is -0.326 e. The van der Waals surface area contributed by atoms with Crippen LogP contribution in [0.2, 0.25) is 0 Å². The van der Waals surface area contributed by atoms with E-state index in [0.717, 1.165) is 13.1 Å². The van der Waals surface area contributed by atoms with Crippen LogP contribution in [-0.4, -0.2) is 48.6 Å². The first-order valence-corrected chi connectivity index (χ1v) is 8.02. The second-order valence-corrected chi connectivity index (χ2v) is 6.07. The summed E-state index contributed by atoms with van der Waals surface area (Å²) in [6.45, 7) is 6.75. The van der Waals surface area contributed by atoms with Crippen LogP contribution in [0.25, 0.3) is 0 Å². The summed E-state index contributed by atoms with van der Waals surface area (Å²) in [5.74, 6) is 0. The fraction of sp³-hybridized carbons (Fsp3) is 1.00. The zero-order chi connectivity index (χ0) is 16.0. The molecule has 5 nitrogen and oxygen atoms in total. The SMILES string of the molecule is CCN(CC)[C@@H]1CCCC[C@H]1N.O=S(=O)(O)C(F)(F)F. The minimum absolute atomic E-state index is 0.429. The quantitative estimate of drug-likeness (QED) is 0.614. The molecule has 0 aromatic heterocycles. The van der Waals surface area contributed by atoms with Gasteiger partial charge in [-0.15, -0.1) is 0 Å². The Kier molecular flexibility index (Phi) is 8.00. The molecule has 3 N–H and O–H groups in total. The fourth-order valence-electron chi connectivity index (χ4n) is 2.29. The number of likely N-dealkylation sites (N-methyl/N-ethyl adjacent to an activating group) is 1. The van der Waals surface area contributed by atoms with Crippen LogP contribution in [-0.2, 0) is 10.1 Å². The molecule has 0 bridgehead atoms. The van der Waals surface area contributed by atoms with Gasteiger partial charge in [0.15, 0.2) is 0 Å². The van der Waals surface area contributed by atoms with E-state index in [2.05, 4.69) is 18.7 Å². The summed E-state index contributed by atoms with van der Waals surface area (Å²) in [5.41, 5.74) is 0.555. The molecule has 0 unspecified atom stereocenters. The van der Waals surface area contributed by atoms with Crippen LogP contribution in [0, 0.1) is 0 Å². The van der Waals surface area contributed by atoms with Crippen LogP contribution in [0.5, 0.6) is 0 Å². The van der Waals surface area contributed by atoms with Gasteiger partial charge in [0.2, 0.25) is 0 Å². The highest BCUT2D eigenvalue weighted by Crippen LogP contribution is 2.21. The molecule has 1 aliphatic rings. The summed E-state index contributed by atoms with van der Waals surface area (Å²) in [6, 6.07) is 1.09. The Labute approximate surface area is 118 Å². The predicted octanol–water partition coefficient (Wildman–Crippen LogP) is 1.99. The Morgan fingerprint density at radius 2 is 1.60 bits per heavy atom. The number of alkyl halides is 3. The zero-order valence-corrected chi connectivity index (χ0v) is 12.5. The van der Waals surface area contributed by atoms with Gasteiger partial charge in [-0.05, 0) is 25.9 Å². The van der Waals surface area contributed by atoms with Crippen molar-refractivity contribution in [2.24, 2.45) is 5.73 Å². The van der Waals surface area contributed by atoms with Gasteiger partial charge in [-0.3, -0.25) is 9.45 Å². The number of halogens is 3. The number of hydrogen-bond donors (Lipinski definition) is 2. The third-order valence-electron chi connectivity index (χ3n) is 3.36. The molecule has 0 saturated heterocycles. The normalized spacial score (nSPS) is 24.2. The van der Waals surface area contributed by atoms with Crippen molar-refractivity contribution in [2.45, 2.75) is 57.1 Å². The summed E-state index contributed by atoms with van der Waals surface area (Å²) >= 11 is 0. The Hall–Kier alpha value is -0.380. The maximum atomic E-state index is 10.7. The molecule has 0 radical (unpaired) electrons. The van der Waals surface area contributed by atoms with Crippen molar-refractivity contribution in [1.29, 1.82) is 0 Å². The molecule has 0 aliphatic heterocycles. The first kappa shape index (κ1) is 19.6. The predicted molar refractivity (Wildman–Crippen MR) is 70.8 cm³/mol. The van der Waals surface area contributed by atoms with Gasteiger partial charge >= 0.3 is 15.6 Å². The Balaban J connectivity index is 0.000000396. The van der Waals surface area contributed by atoms with Gasteiger partial charge in [0.25, 0.3) is 0 Å². The van der Waals surface area contributed by atoms with Crippen molar-refractivity contribution in [3.8, 4) is 0 Å². The lowest BCUT2D eigenvalue weighted by Gasteiger charge is -2.37. The van der Waals surface area contributed by atoms with E-state index in [4.69, 9.17) is 18.7 Å². The van der Waals surface area contributed by atoms with Crippen molar-refractivity contribution in [3.63, 3.8) is 0 Å². The van der Waals surface area contributed by atoms with Crippen LogP contribution in [0.1, 0.15) is 39.5 Å². The summed E-state index contributed by atoms with van der Waals surface area (Å²) in [4.78, 5) is 2.50. The van der Waals surface area contributed by atoms with E-state index in [0.29, 0.717) is 12.1 Å². The van der Waals surface area contributed by atoms with Crippen molar-refractivity contribution in [1.82, 2.24) is 4.90 Å². The molecule has 9 heteroatoms. The molecule has 122 valence electrons.